The largest absolute Gasteiger partial charge is 0.337 e. The predicted octanol–water partition coefficient (Wildman–Crippen LogP) is 0.806. The van der Waals surface area contributed by atoms with Crippen molar-refractivity contribution in [1.82, 2.24) is 10.2 Å². The second-order valence-corrected chi connectivity index (χ2v) is 5.73. The van der Waals surface area contributed by atoms with Crippen molar-refractivity contribution in [3.63, 3.8) is 0 Å². The van der Waals surface area contributed by atoms with Gasteiger partial charge in [-0.1, -0.05) is 6.92 Å². The number of hydrogen-bond acceptors (Lipinski definition) is 2. The van der Waals surface area contributed by atoms with Gasteiger partial charge in [0.15, 0.2) is 0 Å². The highest BCUT2D eigenvalue weighted by molar-refractivity contribution is 7.84. The van der Waals surface area contributed by atoms with Gasteiger partial charge in [-0.15, -0.1) is 0 Å². The van der Waals surface area contributed by atoms with Gasteiger partial charge in [0.05, 0.1) is 0 Å². The van der Waals surface area contributed by atoms with Crippen molar-refractivity contribution in [2.24, 2.45) is 5.92 Å². The maximum absolute atomic E-state index is 11.6. The second kappa shape index (κ2) is 6.10. The van der Waals surface area contributed by atoms with E-state index in [0.717, 1.165) is 31.8 Å². The Morgan fingerprint density at radius 1 is 1.47 bits per heavy atom. The third-order valence-electron chi connectivity index (χ3n) is 2.74. The molecule has 0 aromatic heterocycles. The summed E-state index contributed by atoms with van der Waals surface area (Å²) >= 11 is 0. The Kier molecular flexibility index (Phi) is 5.08. The van der Waals surface area contributed by atoms with Gasteiger partial charge in [0.25, 0.3) is 0 Å². The van der Waals surface area contributed by atoms with Crippen LogP contribution in [0, 0.1) is 5.92 Å². The Bertz CT molecular complexity index is 238. The zero-order chi connectivity index (χ0) is 11.3. The summed E-state index contributed by atoms with van der Waals surface area (Å²) in [6.45, 7) is 4.42. The molecule has 0 saturated carbocycles. The zero-order valence-electron chi connectivity index (χ0n) is 9.49. The van der Waals surface area contributed by atoms with Crippen LogP contribution >= 0.6 is 0 Å². The van der Waals surface area contributed by atoms with Crippen LogP contribution in [0.5, 0.6) is 0 Å². The van der Waals surface area contributed by atoms with E-state index in [1.165, 1.54) is 0 Å². The van der Waals surface area contributed by atoms with Crippen molar-refractivity contribution >= 4 is 16.8 Å². The van der Waals surface area contributed by atoms with E-state index in [4.69, 9.17) is 0 Å². The van der Waals surface area contributed by atoms with Gasteiger partial charge in [-0.05, 0) is 18.8 Å². The monoisotopic (exact) mass is 232 g/mol. The van der Waals surface area contributed by atoms with Gasteiger partial charge in [0.1, 0.15) is 0 Å². The number of nitrogens with one attached hydrogen (secondary N) is 1. The Balaban J connectivity index is 2.19. The van der Waals surface area contributed by atoms with Crippen LogP contribution in [0.2, 0.25) is 0 Å². The number of nitrogens with zero attached hydrogens (tertiary/aromatic N) is 1. The van der Waals surface area contributed by atoms with E-state index >= 15 is 0 Å². The lowest BCUT2D eigenvalue weighted by atomic mass is 10.00. The molecule has 0 spiro atoms. The molecule has 5 heteroatoms. The van der Waals surface area contributed by atoms with E-state index < -0.39 is 10.8 Å². The molecule has 1 unspecified atom stereocenters. The van der Waals surface area contributed by atoms with Gasteiger partial charge in [-0.3, -0.25) is 4.21 Å². The quantitative estimate of drug-likeness (QED) is 0.782. The minimum absolute atomic E-state index is 0.00708. The maximum Gasteiger partial charge on any atom is 0.317 e. The first kappa shape index (κ1) is 12.5. The molecule has 4 nitrogen and oxygen atoms in total. The van der Waals surface area contributed by atoms with E-state index in [2.05, 4.69) is 12.2 Å². The van der Waals surface area contributed by atoms with Crippen molar-refractivity contribution in [3.8, 4) is 0 Å². The molecule has 0 aliphatic carbocycles. The van der Waals surface area contributed by atoms with Crippen molar-refractivity contribution in [1.29, 1.82) is 0 Å². The first-order chi connectivity index (χ1) is 7.09. The summed E-state index contributed by atoms with van der Waals surface area (Å²) in [7, 11) is -0.826. The summed E-state index contributed by atoms with van der Waals surface area (Å²) < 4.78 is 10.8. The molecule has 0 radical (unpaired) electrons. The van der Waals surface area contributed by atoms with Gasteiger partial charge in [0, 0.05) is 42.4 Å². The molecular weight excluding hydrogens is 212 g/mol. The summed E-state index contributed by atoms with van der Waals surface area (Å²) in [5, 5.41) is 2.79. The molecule has 1 aliphatic heterocycles. The van der Waals surface area contributed by atoms with Gasteiger partial charge in [-0.2, -0.15) is 0 Å². The van der Waals surface area contributed by atoms with Crippen molar-refractivity contribution in [2.45, 2.75) is 19.8 Å². The third kappa shape index (κ3) is 4.64. The molecule has 0 aromatic carbocycles. The maximum atomic E-state index is 11.6. The number of carbonyl (C=O) groups is 1. The van der Waals surface area contributed by atoms with Crippen LogP contribution in [-0.4, -0.2) is 46.8 Å². The summed E-state index contributed by atoms with van der Waals surface area (Å²) in [5.74, 6) is 1.27. The molecule has 1 N–H and O–H groups in total. The number of carbonyl (C=O) groups excluding carboxylic acids is 1. The molecule has 0 bridgehead atoms. The van der Waals surface area contributed by atoms with E-state index in [0.29, 0.717) is 12.3 Å². The third-order valence-corrected chi connectivity index (χ3v) is 3.52. The van der Waals surface area contributed by atoms with E-state index in [1.54, 1.807) is 6.26 Å². The zero-order valence-corrected chi connectivity index (χ0v) is 10.3. The van der Waals surface area contributed by atoms with E-state index in [1.807, 2.05) is 4.90 Å². The normalized spacial score (nSPS) is 20.0. The highest BCUT2D eigenvalue weighted by Gasteiger charge is 2.19. The van der Waals surface area contributed by atoms with Crippen LogP contribution < -0.4 is 5.32 Å². The van der Waals surface area contributed by atoms with Crippen molar-refractivity contribution < 1.29 is 9.00 Å². The average molecular weight is 232 g/mol. The van der Waals surface area contributed by atoms with Gasteiger partial charge in [-0.25, -0.2) is 4.79 Å². The Morgan fingerprint density at radius 2 is 2.07 bits per heavy atom. The smallest absolute Gasteiger partial charge is 0.317 e. The fraction of sp³-hybridized carbons (Fsp3) is 0.900. The molecule has 0 aromatic rings. The lowest BCUT2D eigenvalue weighted by molar-refractivity contribution is 0.174. The second-order valence-electron chi connectivity index (χ2n) is 4.18. The van der Waals surface area contributed by atoms with Crippen molar-refractivity contribution in [2.75, 3.05) is 31.6 Å². The SMILES string of the molecule is CC1CCN(C(=O)NCCS(C)=O)CC1. The Hall–Kier alpha value is -0.580. The van der Waals surface area contributed by atoms with Crippen LogP contribution in [-0.2, 0) is 10.8 Å². The van der Waals surface area contributed by atoms with Crippen LogP contribution in [0.1, 0.15) is 19.8 Å². The molecule has 2 amide bonds. The molecular formula is C10H20N2O2S. The molecule has 1 heterocycles. The Labute approximate surface area is 93.9 Å². The molecule has 15 heavy (non-hydrogen) atoms. The minimum Gasteiger partial charge on any atom is -0.337 e. The van der Waals surface area contributed by atoms with E-state index in [9.17, 15) is 9.00 Å². The molecule has 1 saturated heterocycles. The van der Waals surface area contributed by atoms with Gasteiger partial charge >= 0.3 is 6.03 Å². The molecule has 1 atom stereocenters. The van der Waals surface area contributed by atoms with E-state index in [-0.39, 0.29) is 6.03 Å². The predicted molar refractivity (Wildman–Crippen MR) is 62.3 cm³/mol. The lowest BCUT2D eigenvalue weighted by Gasteiger charge is -2.30. The number of urea groups is 1. The van der Waals surface area contributed by atoms with Gasteiger partial charge in [0.2, 0.25) is 0 Å². The molecule has 1 rings (SSSR count). The summed E-state index contributed by atoms with van der Waals surface area (Å²) in [4.78, 5) is 13.4. The topological polar surface area (TPSA) is 49.4 Å². The lowest BCUT2D eigenvalue weighted by Crippen LogP contribution is -2.45. The number of hydrogen-bond donors (Lipinski definition) is 1. The number of amides is 2. The molecule has 88 valence electrons. The fourth-order valence-electron chi connectivity index (χ4n) is 1.63. The highest BCUT2D eigenvalue weighted by atomic mass is 32.2. The number of piperidine rings is 1. The van der Waals surface area contributed by atoms with Crippen molar-refractivity contribution in [3.05, 3.63) is 0 Å². The number of likely N-dealkylation sites (tertiary alicyclic amines) is 1. The number of rotatable bonds is 3. The highest BCUT2D eigenvalue weighted by Crippen LogP contribution is 2.15. The minimum atomic E-state index is -0.826. The fourth-order valence-corrected chi connectivity index (χ4v) is 2.01. The summed E-state index contributed by atoms with van der Waals surface area (Å²) in [6, 6.07) is -0.00708. The van der Waals surface area contributed by atoms with Crippen LogP contribution in [0.25, 0.3) is 0 Å². The molecule has 1 fully saturated rings. The van der Waals surface area contributed by atoms with Crippen LogP contribution in [0.15, 0.2) is 0 Å². The van der Waals surface area contributed by atoms with Crippen LogP contribution in [0.4, 0.5) is 4.79 Å². The molecule has 1 aliphatic rings. The average Bonchev–Trinajstić information content (AvgIpc) is 2.18. The van der Waals surface area contributed by atoms with Crippen LogP contribution in [0.3, 0.4) is 0 Å². The first-order valence-corrected chi connectivity index (χ1v) is 7.15. The first-order valence-electron chi connectivity index (χ1n) is 5.42. The standard InChI is InChI=1S/C10H20N2O2S/c1-9-3-6-12(7-4-9)10(13)11-5-8-15(2)14/h9H,3-8H2,1-2H3,(H,11,13). The summed E-state index contributed by atoms with van der Waals surface area (Å²) in [6.07, 6.45) is 3.83. The summed E-state index contributed by atoms with van der Waals surface area (Å²) in [5.41, 5.74) is 0. The van der Waals surface area contributed by atoms with Gasteiger partial charge < -0.3 is 10.2 Å². The Morgan fingerprint density at radius 3 is 2.60 bits per heavy atom.